The molecule has 0 saturated heterocycles. The first-order valence-corrected chi connectivity index (χ1v) is 9.28. The average molecular weight is 446 g/mol. The highest BCUT2D eigenvalue weighted by atomic mass is 127. The lowest BCUT2D eigenvalue weighted by molar-refractivity contribution is -0.120. The quantitative estimate of drug-likeness (QED) is 0.733. The number of carbonyl (C=O) groups excluding carboxylic acids is 2. The van der Waals surface area contributed by atoms with Crippen LogP contribution in [0, 0.1) is 23.3 Å². The second-order valence-corrected chi connectivity index (χ2v) is 7.36. The van der Waals surface area contributed by atoms with Crippen molar-refractivity contribution in [1.82, 2.24) is 5.32 Å². The van der Waals surface area contributed by atoms with E-state index in [1.54, 1.807) is 6.07 Å². The fraction of sp³-hybridized carbons (Fsp3) is 0.250. The van der Waals surface area contributed by atoms with Crippen LogP contribution in [0.4, 0.5) is 0 Å². The maximum absolute atomic E-state index is 12.3. The fourth-order valence-electron chi connectivity index (χ4n) is 2.87. The van der Waals surface area contributed by atoms with Crippen LogP contribution >= 0.6 is 22.6 Å². The molecule has 1 aliphatic rings. The fourth-order valence-corrected chi connectivity index (χ4v) is 3.51. The second kappa shape index (κ2) is 7.47. The number of rotatable bonds is 4. The second-order valence-electron chi connectivity index (χ2n) is 6.19. The molecule has 1 atom stereocenters. The molecule has 0 fully saturated rings. The molecule has 0 spiro atoms. The van der Waals surface area contributed by atoms with Gasteiger partial charge in [-0.3, -0.25) is 9.59 Å². The van der Waals surface area contributed by atoms with Crippen LogP contribution < -0.4 is 15.9 Å². The Morgan fingerprint density at radius 1 is 1.20 bits per heavy atom. The van der Waals surface area contributed by atoms with Gasteiger partial charge in [0.05, 0.1) is 16.8 Å². The summed E-state index contributed by atoms with van der Waals surface area (Å²) in [5.41, 5.74) is 2.84. The van der Waals surface area contributed by atoms with E-state index in [1.165, 1.54) is 0 Å². The topological polar surface area (TPSA) is 58.5 Å². The number of carbonyl (C=O) groups is 2. The largest absolute Gasteiger partial charge is 0.352 e. The van der Waals surface area contributed by atoms with Gasteiger partial charge in [0, 0.05) is 10.1 Å². The predicted molar refractivity (Wildman–Crippen MR) is 106 cm³/mol. The van der Waals surface area contributed by atoms with Gasteiger partial charge in [-0.2, -0.15) is 0 Å². The Hall–Kier alpha value is -2.02. The Labute approximate surface area is 160 Å². The Bertz CT molecular complexity index is 966. The summed E-state index contributed by atoms with van der Waals surface area (Å²) in [7, 11) is 0. The minimum absolute atomic E-state index is 0.114. The molecule has 0 bridgehead atoms. The van der Waals surface area contributed by atoms with E-state index in [-0.39, 0.29) is 17.7 Å². The van der Waals surface area contributed by atoms with Gasteiger partial charge in [0.1, 0.15) is 0 Å². The maximum atomic E-state index is 12.3. The first-order valence-electron chi connectivity index (χ1n) is 8.20. The van der Waals surface area contributed by atoms with Gasteiger partial charge >= 0.3 is 0 Å². The van der Waals surface area contributed by atoms with Crippen molar-refractivity contribution >= 4 is 40.5 Å². The van der Waals surface area contributed by atoms with Crippen LogP contribution in [0.1, 0.15) is 27.9 Å². The van der Waals surface area contributed by atoms with Crippen molar-refractivity contribution in [3.05, 3.63) is 67.2 Å². The Balaban J connectivity index is 1.69. The SMILES string of the molecule is Cc1ccc2c(c1C)=NC(=O)C(CCNC(=O)c1ccccc1I)C=2. The molecule has 0 aliphatic carbocycles. The standard InChI is InChI=1S/C20H19IN2O2/c1-12-7-8-14-11-15(19(24)23-18(14)13(12)2)9-10-22-20(25)16-5-3-4-6-17(16)21/h3-8,11,15H,9-10H2,1-2H3,(H,22,25). The van der Waals surface area contributed by atoms with E-state index in [1.807, 2.05) is 50.3 Å². The van der Waals surface area contributed by atoms with Gasteiger partial charge in [-0.1, -0.05) is 30.3 Å². The predicted octanol–water partition coefficient (Wildman–Crippen LogP) is 2.28. The molecule has 0 radical (unpaired) electrons. The molecule has 128 valence electrons. The van der Waals surface area contributed by atoms with Crippen LogP contribution in [0.3, 0.4) is 0 Å². The third-order valence-corrected chi connectivity index (χ3v) is 5.45. The van der Waals surface area contributed by atoms with Crippen LogP contribution in [0.25, 0.3) is 6.08 Å². The smallest absolute Gasteiger partial charge is 0.253 e. The minimum Gasteiger partial charge on any atom is -0.352 e. The van der Waals surface area contributed by atoms with E-state index >= 15 is 0 Å². The monoisotopic (exact) mass is 446 g/mol. The molecule has 1 aliphatic heterocycles. The molecule has 2 amide bonds. The summed E-state index contributed by atoms with van der Waals surface area (Å²) in [4.78, 5) is 28.8. The number of benzene rings is 2. The molecular formula is C20H19IN2O2. The van der Waals surface area contributed by atoms with Crippen LogP contribution in [-0.2, 0) is 4.79 Å². The zero-order valence-corrected chi connectivity index (χ0v) is 16.3. The van der Waals surface area contributed by atoms with E-state index in [0.717, 1.165) is 25.3 Å². The molecule has 0 saturated carbocycles. The zero-order chi connectivity index (χ0) is 18.0. The van der Waals surface area contributed by atoms with E-state index < -0.39 is 0 Å². The molecule has 2 aromatic carbocycles. The van der Waals surface area contributed by atoms with Crippen LogP contribution in [0.5, 0.6) is 0 Å². The summed E-state index contributed by atoms with van der Waals surface area (Å²) in [5, 5.41) is 4.67. The number of nitrogens with one attached hydrogen (secondary N) is 1. The van der Waals surface area contributed by atoms with E-state index in [0.29, 0.717) is 18.5 Å². The summed E-state index contributed by atoms with van der Waals surface area (Å²) >= 11 is 2.14. The average Bonchev–Trinajstić information content (AvgIpc) is 2.60. The molecule has 0 aromatic heterocycles. The summed E-state index contributed by atoms with van der Waals surface area (Å²) in [6, 6.07) is 11.5. The van der Waals surface area contributed by atoms with Gasteiger partial charge in [-0.25, -0.2) is 4.99 Å². The van der Waals surface area contributed by atoms with Crippen molar-refractivity contribution in [2.45, 2.75) is 20.3 Å². The van der Waals surface area contributed by atoms with Crippen LogP contribution in [0.2, 0.25) is 0 Å². The molecule has 3 rings (SSSR count). The molecule has 1 unspecified atom stereocenters. The van der Waals surface area contributed by atoms with Gasteiger partial charge in [-0.05, 0) is 71.3 Å². The Morgan fingerprint density at radius 2 is 1.96 bits per heavy atom. The van der Waals surface area contributed by atoms with Crippen molar-refractivity contribution in [2.75, 3.05) is 6.54 Å². The summed E-state index contributed by atoms with van der Waals surface area (Å²) in [6.45, 7) is 4.44. The van der Waals surface area contributed by atoms with Crippen molar-refractivity contribution in [1.29, 1.82) is 0 Å². The molecule has 5 heteroatoms. The van der Waals surface area contributed by atoms with Gasteiger partial charge < -0.3 is 5.32 Å². The Morgan fingerprint density at radius 3 is 2.72 bits per heavy atom. The number of halogens is 1. The Kier molecular flexibility index (Phi) is 5.32. The number of nitrogens with zero attached hydrogens (tertiary/aromatic N) is 1. The first-order chi connectivity index (χ1) is 12.0. The van der Waals surface area contributed by atoms with Gasteiger partial charge in [0.25, 0.3) is 11.8 Å². The number of aryl methyl sites for hydroxylation is 1. The molecule has 1 heterocycles. The van der Waals surface area contributed by atoms with Crippen LogP contribution in [-0.4, -0.2) is 18.4 Å². The summed E-state index contributed by atoms with van der Waals surface area (Å²) in [6.07, 6.45) is 2.51. The van der Waals surface area contributed by atoms with Crippen molar-refractivity contribution in [3.63, 3.8) is 0 Å². The normalized spacial score (nSPS) is 15.8. The van der Waals surface area contributed by atoms with Gasteiger partial charge in [0.15, 0.2) is 0 Å². The molecule has 1 N–H and O–H groups in total. The van der Waals surface area contributed by atoms with Crippen molar-refractivity contribution < 1.29 is 9.59 Å². The van der Waals surface area contributed by atoms with Crippen molar-refractivity contribution in [2.24, 2.45) is 10.9 Å². The highest BCUT2D eigenvalue weighted by molar-refractivity contribution is 14.1. The van der Waals surface area contributed by atoms with Gasteiger partial charge in [0.2, 0.25) is 0 Å². The van der Waals surface area contributed by atoms with Crippen molar-refractivity contribution in [3.8, 4) is 0 Å². The summed E-state index contributed by atoms with van der Waals surface area (Å²) < 4.78 is 0.910. The number of fused-ring (bicyclic) bond motifs is 1. The van der Waals surface area contributed by atoms with E-state index in [4.69, 9.17) is 0 Å². The van der Waals surface area contributed by atoms with E-state index in [9.17, 15) is 9.59 Å². The van der Waals surface area contributed by atoms with E-state index in [2.05, 4.69) is 32.9 Å². The highest BCUT2D eigenvalue weighted by Crippen LogP contribution is 2.12. The zero-order valence-electron chi connectivity index (χ0n) is 14.2. The summed E-state index contributed by atoms with van der Waals surface area (Å²) in [5.74, 6) is -0.536. The highest BCUT2D eigenvalue weighted by Gasteiger charge is 2.19. The third-order valence-electron chi connectivity index (χ3n) is 4.51. The number of hydrogen-bond donors (Lipinski definition) is 1. The number of amides is 2. The maximum Gasteiger partial charge on any atom is 0.253 e. The molecule has 2 aromatic rings. The third kappa shape index (κ3) is 3.81. The first kappa shape index (κ1) is 17.8. The molecule has 25 heavy (non-hydrogen) atoms. The lowest BCUT2D eigenvalue weighted by atomic mass is 9.98. The lowest BCUT2D eigenvalue weighted by Crippen LogP contribution is -2.37. The lowest BCUT2D eigenvalue weighted by Gasteiger charge is -2.14. The minimum atomic E-state index is -0.287. The molecular weight excluding hydrogens is 427 g/mol. The van der Waals surface area contributed by atoms with Gasteiger partial charge in [-0.15, -0.1) is 0 Å². The van der Waals surface area contributed by atoms with Crippen LogP contribution in [0.15, 0.2) is 41.4 Å². The molecule has 4 nitrogen and oxygen atoms in total. The number of hydrogen-bond acceptors (Lipinski definition) is 2.